The molecule has 0 aliphatic heterocycles. The summed E-state index contributed by atoms with van der Waals surface area (Å²) in [6, 6.07) is 6.40. The summed E-state index contributed by atoms with van der Waals surface area (Å²) in [5.74, 6) is -1.32. The second-order valence-electron chi connectivity index (χ2n) is 4.08. The molecule has 0 spiro atoms. The standard InChI is InChI=1S/C13H9FN2O2S/c1-7-11(8-4-2-3-5-9(8)14)15-13-16(7)6-10(19-13)12(17)18/h2-6H,1H3,(H,17,18). The maximum Gasteiger partial charge on any atom is 0.347 e. The number of hydrogen-bond donors (Lipinski definition) is 1. The molecule has 1 N–H and O–H groups in total. The van der Waals surface area contributed by atoms with Gasteiger partial charge in [0, 0.05) is 17.5 Å². The largest absolute Gasteiger partial charge is 0.477 e. The summed E-state index contributed by atoms with van der Waals surface area (Å²) in [6.07, 6.45) is 1.51. The number of carbonyl (C=O) groups is 1. The van der Waals surface area contributed by atoms with Gasteiger partial charge in [0.05, 0.1) is 5.69 Å². The molecule has 3 rings (SSSR count). The number of halogens is 1. The first kappa shape index (κ1) is 11.9. The molecule has 0 radical (unpaired) electrons. The fraction of sp³-hybridized carbons (Fsp3) is 0.0769. The van der Waals surface area contributed by atoms with E-state index in [1.807, 2.05) is 0 Å². The van der Waals surface area contributed by atoms with E-state index in [9.17, 15) is 9.18 Å². The summed E-state index contributed by atoms with van der Waals surface area (Å²) >= 11 is 1.07. The highest BCUT2D eigenvalue weighted by Gasteiger charge is 2.17. The van der Waals surface area contributed by atoms with Gasteiger partial charge in [0.25, 0.3) is 0 Å². The number of aryl methyl sites for hydroxylation is 1. The molecule has 2 heterocycles. The zero-order valence-corrected chi connectivity index (χ0v) is 10.7. The average Bonchev–Trinajstić information content (AvgIpc) is 2.91. The summed E-state index contributed by atoms with van der Waals surface area (Å²) in [6.45, 7) is 1.79. The van der Waals surface area contributed by atoms with Crippen molar-refractivity contribution in [2.45, 2.75) is 6.92 Å². The highest BCUT2D eigenvalue weighted by atomic mass is 32.1. The van der Waals surface area contributed by atoms with Crippen molar-refractivity contribution >= 4 is 22.3 Å². The number of rotatable bonds is 2. The third kappa shape index (κ3) is 1.80. The number of nitrogens with zero attached hydrogens (tertiary/aromatic N) is 2. The Morgan fingerprint density at radius 3 is 2.79 bits per heavy atom. The van der Waals surface area contributed by atoms with Crippen molar-refractivity contribution in [3.05, 3.63) is 46.9 Å². The maximum absolute atomic E-state index is 13.8. The van der Waals surface area contributed by atoms with Crippen LogP contribution in [-0.2, 0) is 0 Å². The Labute approximate surface area is 111 Å². The van der Waals surface area contributed by atoms with Gasteiger partial charge in [-0.3, -0.25) is 4.40 Å². The van der Waals surface area contributed by atoms with Crippen molar-refractivity contribution in [3.8, 4) is 11.3 Å². The lowest BCUT2D eigenvalue weighted by Crippen LogP contribution is -1.92. The molecule has 2 aromatic heterocycles. The van der Waals surface area contributed by atoms with Gasteiger partial charge in [0.1, 0.15) is 10.7 Å². The van der Waals surface area contributed by atoms with Crippen LogP contribution in [0.2, 0.25) is 0 Å². The average molecular weight is 276 g/mol. The van der Waals surface area contributed by atoms with Crippen LogP contribution in [0.25, 0.3) is 16.2 Å². The van der Waals surface area contributed by atoms with Crippen LogP contribution in [0.3, 0.4) is 0 Å². The normalized spacial score (nSPS) is 11.1. The molecule has 4 nitrogen and oxygen atoms in total. The van der Waals surface area contributed by atoms with Gasteiger partial charge in [0.15, 0.2) is 4.96 Å². The number of hydrogen-bond acceptors (Lipinski definition) is 3. The Morgan fingerprint density at radius 2 is 2.16 bits per heavy atom. The van der Waals surface area contributed by atoms with Gasteiger partial charge in [0.2, 0.25) is 0 Å². The molecule has 1 aromatic carbocycles. The molecule has 19 heavy (non-hydrogen) atoms. The predicted octanol–water partition coefficient (Wildman–Crippen LogP) is 3.21. The van der Waals surface area contributed by atoms with Gasteiger partial charge >= 0.3 is 5.97 Å². The lowest BCUT2D eigenvalue weighted by molar-refractivity contribution is 0.0702. The second kappa shape index (κ2) is 4.17. The quantitative estimate of drug-likeness (QED) is 0.782. The molecule has 0 unspecified atom stereocenters. The molecule has 0 saturated heterocycles. The van der Waals surface area contributed by atoms with Crippen LogP contribution in [0.5, 0.6) is 0 Å². The van der Waals surface area contributed by atoms with Crippen LogP contribution in [0.15, 0.2) is 30.5 Å². The Balaban J connectivity index is 2.22. The second-order valence-corrected chi connectivity index (χ2v) is 5.09. The number of thiazole rings is 1. The van der Waals surface area contributed by atoms with E-state index < -0.39 is 5.97 Å². The first-order valence-corrected chi connectivity index (χ1v) is 6.36. The van der Waals surface area contributed by atoms with Crippen LogP contribution in [0.1, 0.15) is 15.4 Å². The van der Waals surface area contributed by atoms with Crippen molar-refractivity contribution in [1.82, 2.24) is 9.38 Å². The Morgan fingerprint density at radius 1 is 1.42 bits per heavy atom. The summed E-state index contributed by atoms with van der Waals surface area (Å²) in [4.78, 5) is 16.0. The molecule has 0 aliphatic carbocycles. The van der Waals surface area contributed by atoms with E-state index in [-0.39, 0.29) is 10.7 Å². The highest BCUT2D eigenvalue weighted by molar-refractivity contribution is 7.18. The van der Waals surface area contributed by atoms with Gasteiger partial charge < -0.3 is 5.11 Å². The van der Waals surface area contributed by atoms with E-state index >= 15 is 0 Å². The van der Waals surface area contributed by atoms with Crippen LogP contribution in [0, 0.1) is 12.7 Å². The Bertz CT molecular complexity index is 791. The molecule has 3 aromatic rings. The minimum atomic E-state index is -0.984. The summed E-state index contributed by atoms with van der Waals surface area (Å²) < 4.78 is 15.4. The Hall–Kier alpha value is -2.21. The minimum Gasteiger partial charge on any atom is -0.477 e. The van der Waals surface area contributed by atoms with E-state index in [1.165, 1.54) is 12.3 Å². The summed E-state index contributed by atoms with van der Waals surface area (Å²) in [5, 5.41) is 8.93. The van der Waals surface area contributed by atoms with E-state index in [2.05, 4.69) is 4.98 Å². The lowest BCUT2D eigenvalue weighted by atomic mass is 10.1. The third-order valence-corrected chi connectivity index (χ3v) is 3.88. The molecule has 6 heteroatoms. The van der Waals surface area contributed by atoms with Gasteiger partial charge in [-0.1, -0.05) is 23.5 Å². The molecule has 96 valence electrons. The molecule has 0 saturated carbocycles. The van der Waals surface area contributed by atoms with E-state index in [4.69, 9.17) is 5.11 Å². The monoisotopic (exact) mass is 276 g/mol. The van der Waals surface area contributed by atoms with Crippen LogP contribution in [0.4, 0.5) is 4.39 Å². The van der Waals surface area contributed by atoms with Gasteiger partial charge in [-0.25, -0.2) is 14.2 Å². The van der Waals surface area contributed by atoms with Crippen molar-refractivity contribution < 1.29 is 14.3 Å². The fourth-order valence-corrected chi connectivity index (χ4v) is 2.83. The maximum atomic E-state index is 13.8. The SMILES string of the molecule is Cc1c(-c2ccccc2F)nc2sc(C(=O)O)cn12. The van der Waals surface area contributed by atoms with Crippen LogP contribution >= 0.6 is 11.3 Å². The number of carboxylic acid groups (broad SMARTS) is 1. The molecule has 0 atom stereocenters. The number of imidazole rings is 1. The number of aromatic carboxylic acids is 1. The molecular formula is C13H9FN2O2S. The zero-order chi connectivity index (χ0) is 13.6. The lowest BCUT2D eigenvalue weighted by Gasteiger charge is -2.00. The minimum absolute atomic E-state index is 0.214. The van der Waals surface area contributed by atoms with E-state index in [0.29, 0.717) is 16.2 Å². The third-order valence-electron chi connectivity index (χ3n) is 2.90. The number of carboxylic acids is 1. The Kier molecular flexibility index (Phi) is 2.60. The van der Waals surface area contributed by atoms with Crippen molar-refractivity contribution in [2.75, 3.05) is 0 Å². The van der Waals surface area contributed by atoms with Gasteiger partial charge in [-0.05, 0) is 19.1 Å². The molecule has 0 amide bonds. The van der Waals surface area contributed by atoms with Crippen molar-refractivity contribution in [1.29, 1.82) is 0 Å². The van der Waals surface area contributed by atoms with Crippen LogP contribution in [-0.4, -0.2) is 20.5 Å². The number of fused-ring (bicyclic) bond motifs is 1. The van der Waals surface area contributed by atoms with Crippen molar-refractivity contribution in [3.63, 3.8) is 0 Å². The number of benzene rings is 1. The smallest absolute Gasteiger partial charge is 0.347 e. The highest BCUT2D eigenvalue weighted by Crippen LogP contribution is 2.29. The fourth-order valence-electron chi connectivity index (χ4n) is 1.96. The first-order valence-electron chi connectivity index (χ1n) is 5.54. The molecular weight excluding hydrogens is 267 g/mol. The zero-order valence-electron chi connectivity index (χ0n) is 9.92. The predicted molar refractivity (Wildman–Crippen MR) is 70.2 cm³/mol. The van der Waals surface area contributed by atoms with Crippen LogP contribution < -0.4 is 0 Å². The molecule has 0 fully saturated rings. The first-order chi connectivity index (χ1) is 9.08. The van der Waals surface area contributed by atoms with E-state index in [0.717, 1.165) is 17.0 Å². The molecule has 0 bridgehead atoms. The summed E-state index contributed by atoms with van der Waals surface area (Å²) in [7, 11) is 0. The van der Waals surface area contributed by atoms with Gasteiger partial charge in [-0.2, -0.15) is 0 Å². The number of aromatic nitrogens is 2. The topological polar surface area (TPSA) is 54.6 Å². The van der Waals surface area contributed by atoms with Crippen molar-refractivity contribution in [2.24, 2.45) is 0 Å². The summed E-state index contributed by atoms with van der Waals surface area (Å²) in [5.41, 5.74) is 1.69. The molecule has 0 aliphatic rings. The van der Waals surface area contributed by atoms with E-state index in [1.54, 1.807) is 29.5 Å². The van der Waals surface area contributed by atoms with Gasteiger partial charge in [-0.15, -0.1) is 0 Å².